The van der Waals surface area contributed by atoms with Crippen LogP contribution in [-0.4, -0.2) is 19.8 Å². The molecule has 0 saturated heterocycles. The second kappa shape index (κ2) is 5.89. The van der Waals surface area contributed by atoms with Gasteiger partial charge in [0.25, 0.3) is 0 Å². The van der Waals surface area contributed by atoms with Gasteiger partial charge in [-0.15, -0.1) is 0 Å². The highest BCUT2D eigenvalue weighted by atomic mass is 16.6. The van der Waals surface area contributed by atoms with Crippen molar-refractivity contribution in [3.8, 4) is 11.5 Å². The lowest BCUT2D eigenvalue weighted by atomic mass is 10.2. The summed E-state index contributed by atoms with van der Waals surface area (Å²) >= 11 is 0. The molecule has 4 nitrogen and oxygen atoms in total. The minimum atomic E-state index is 0.530. The highest BCUT2D eigenvalue weighted by Gasteiger charge is 2.11. The summed E-state index contributed by atoms with van der Waals surface area (Å²) in [6.45, 7) is 6.86. The lowest BCUT2D eigenvalue weighted by molar-refractivity contribution is 0.0196. The van der Waals surface area contributed by atoms with E-state index >= 15 is 0 Å². The molecule has 0 saturated carbocycles. The van der Waals surface area contributed by atoms with Crippen LogP contribution in [-0.2, 0) is 11.4 Å². The van der Waals surface area contributed by atoms with Crippen LogP contribution < -0.4 is 15.0 Å². The van der Waals surface area contributed by atoms with Gasteiger partial charge < -0.3 is 14.3 Å². The number of rotatable bonds is 5. The molecule has 0 bridgehead atoms. The van der Waals surface area contributed by atoms with Gasteiger partial charge in [-0.2, -0.15) is 5.48 Å². The summed E-state index contributed by atoms with van der Waals surface area (Å²) in [5.41, 5.74) is 4.07. The third kappa shape index (κ3) is 3.61. The SMILES string of the molecule is CC(C)CONCc1ccc2c(c1)OCCO2. The third-order valence-corrected chi connectivity index (χ3v) is 2.40. The second-order valence-corrected chi connectivity index (χ2v) is 4.50. The number of fused-ring (bicyclic) bond motifs is 1. The molecule has 0 unspecified atom stereocenters. The van der Waals surface area contributed by atoms with E-state index in [0.717, 1.165) is 17.1 Å². The summed E-state index contributed by atoms with van der Waals surface area (Å²) in [6.07, 6.45) is 0. The van der Waals surface area contributed by atoms with Gasteiger partial charge in [0.05, 0.1) is 6.61 Å². The van der Waals surface area contributed by atoms with E-state index in [2.05, 4.69) is 19.3 Å². The summed E-state index contributed by atoms with van der Waals surface area (Å²) < 4.78 is 11.0. The Labute approximate surface area is 102 Å². The number of hydroxylamine groups is 1. The lowest BCUT2D eigenvalue weighted by Gasteiger charge is -2.19. The number of nitrogens with one attached hydrogen (secondary N) is 1. The fourth-order valence-corrected chi connectivity index (χ4v) is 1.56. The molecular weight excluding hydrogens is 218 g/mol. The van der Waals surface area contributed by atoms with Gasteiger partial charge in [0.2, 0.25) is 0 Å². The van der Waals surface area contributed by atoms with E-state index < -0.39 is 0 Å². The Bertz CT molecular complexity index is 366. The van der Waals surface area contributed by atoms with Gasteiger partial charge >= 0.3 is 0 Å². The highest BCUT2D eigenvalue weighted by Crippen LogP contribution is 2.30. The van der Waals surface area contributed by atoms with Crippen LogP contribution in [0.25, 0.3) is 0 Å². The average Bonchev–Trinajstić information content (AvgIpc) is 2.34. The van der Waals surface area contributed by atoms with Crippen molar-refractivity contribution >= 4 is 0 Å². The first-order valence-corrected chi connectivity index (χ1v) is 5.99. The van der Waals surface area contributed by atoms with E-state index in [1.54, 1.807) is 0 Å². The van der Waals surface area contributed by atoms with Crippen molar-refractivity contribution in [3.63, 3.8) is 0 Å². The first-order chi connectivity index (χ1) is 8.25. The zero-order valence-corrected chi connectivity index (χ0v) is 10.4. The number of hydrogen-bond acceptors (Lipinski definition) is 4. The Balaban J connectivity index is 1.85. The van der Waals surface area contributed by atoms with E-state index in [-0.39, 0.29) is 0 Å². The molecule has 1 aromatic rings. The lowest BCUT2D eigenvalue weighted by Crippen LogP contribution is -2.18. The summed E-state index contributed by atoms with van der Waals surface area (Å²) in [5, 5.41) is 0. The van der Waals surface area contributed by atoms with Crippen molar-refractivity contribution in [2.75, 3.05) is 19.8 Å². The van der Waals surface area contributed by atoms with E-state index in [1.165, 1.54) is 0 Å². The fraction of sp³-hybridized carbons (Fsp3) is 0.538. The maximum Gasteiger partial charge on any atom is 0.161 e. The van der Waals surface area contributed by atoms with E-state index in [0.29, 0.717) is 32.3 Å². The van der Waals surface area contributed by atoms with E-state index in [1.807, 2.05) is 18.2 Å². The van der Waals surface area contributed by atoms with Crippen LogP contribution in [0.4, 0.5) is 0 Å². The standard InChI is InChI=1S/C13H19NO3/c1-10(2)9-17-14-8-11-3-4-12-13(7-11)16-6-5-15-12/h3-4,7,10,14H,5-6,8-9H2,1-2H3. The summed E-state index contributed by atoms with van der Waals surface area (Å²) in [4.78, 5) is 5.32. The predicted octanol–water partition coefficient (Wildman–Crippen LogP) is 2.13. The zero-order valence-electron chi connectivity index (χ0n) is 10.4. The molecule has 1 aliphatic rings. The molecule has 0 spiro atoms. The van der Waals surface area contributed by atoms with Crippen molar-refractivity contribution in [2.45, 2.75) is 20.4 Å². The van der Waals surface area contributed by atoms with E-state index in [9.17, 15) is 0 Å². The second-order valence-electron chi connectivity index (χ2n) is 4.50. The number of hydrogen-bond donors (Lipinski definition) is 1. The summed E-state index contributed by atoms with van der Waals surface area (Å²) in [5.74, 6) is 2.17. The van der Waals surface area contributed by atoms with Gasteiger partial charge in [-0.25, -0.2) is 0 Å². The van der Waals surface area contributed by atoms with Gasteiger partial charge in [-0.05, 0) is 23.6 Å². The predicted molar refractivity (Wildman–Crippen MR) is 65.1 cm³/mol. The van der Waals surface area contributed by atoms with Crippen molar-refractivity contribution in [3.05, 3.63) is 23.8 Å². The molecule has 1 aromatic carbocycles. The average molecular weight is 237 g/mol. The van der Waals surface area contributed by atoms with Gasteiger partial charge in [0.15, 0.2) is 11.5 Å². The minimum Gasteiger partial charge on any atom is -0.486 e. The molecule has 4 heteroatoms. The first kappa shape index (κ1) is 12.2. The molecule has 0 fully saturated rings. The summed E-state index contributed by atoms with van der Waals surface area (Å²) in [7, 11) is 0. The van der Waals surface area contributed by atoms with Crippen molar-refractivity contribution in [1.82, 2.24) is 5.48 Å². The van der Waals surface area contributed by atoms with Gasteiger partial charge in [0.1, 0.15) is 13.2 Å². The Morgan fingerprint density at radius 2 is 2.00 bits per heavy atom. The maximum absolute atomic E-state index is 5.52. The summed E-state index contributed by atoms with van der Waals surface area (Å²) in [6, 6.07) is 5.94. The minimum absolute atomic E-state index is 0.530. The Hall–Kier alpha value is -1.26. The third-order valence-electron chi connectivity index (χ3n) is 2.40. The molecule has 0 aromatic heterocycles. The zero-order chi connectivity index (χ0) is 12.1. The molecule has 0 atom stereocenters. The Kier molecular flexibility index (Phi) is 4.23. The largest absolute Gasteiger partial charge is 0.486 e. The van der Waals surface area contributed by atoms with Crippen LogP contribution in [0.1, 0.15) is 19.4 Å². The Morgan fingerprint density at radius 3 is 2.76 bits per heavy atom. The highest BCUT2D eigenvalue weighted by molar-refractivity contribution is 5.43. The molecule has 0 radical (unpaired) electrons. The molecular formula is C13H19NO3. The smallest absolute Gasteiger partial charge is 0.161 e. The van der Waals surface area contributed by atoms with Crippen molar-refractivity contribution in [1.29, 1.82) is 0 Å². The van der Waals surface area contributed by atoms with Crippen LogP contribution >= 0.6 is 0 Å². The first-order valence-electron chi connectivity index (χ1n) is 5.99. The molecule has 1 aliphatic heterocycles. The van der Waals surface area contributed by atoms with Crippen LogP contribution in [0.15, 0.2) is 18.2 Å². The van der Waals surface area contributed by atoms with Crippen LogP contribution in [0, 0.1) is 5.92 Å². The normalized spacial score (nSPS) is 14.1. The molecule has 0 aliphatic carbocycles. The van der Waals surface area contributed by atoms with Crippen LogP contribution in [0.5, 0.6) is 11.5 Å². The van der Waals surface area contributed by atoms with Crippen LogP contribution in [0.3, 0.4) is 0 Å². The topological polar surface area (TPSA) is 39.7 Å². The fourth-order valence-electron chi connectivity index (χ4n) is 1.56. The van der Waals surface area contributed by atoms with Gasteiger partial charge in [-0.1, -0.05) is 19.9 Å². The molecule has 0 amide bonds. The quantitative estimate of drug-likeness (QED) is 0.629. The molecule has 1 heterocycles. The van der Waals surface area contributed by atoms with Gasteiger partial charge in [0, 0.05) is 6.54 Å². The maximum atomic E-state index is 5.52. The van der Waals surface area contributed by atoms with Crippen molar-refractivity contribution in [2.24, 2.45) is 5.92 Å². The van der Waals surface area contributed by atoms with Gasteiger partial charge in [-0.3, -0.25) is 0 Å². The number of benzene rings is 1. The molecule has 17 heavy (non-hydrogen) atoms. The molecule has 94 valence electrons. The number of ether oxygens (including phenoxy) is 2. The van der Waals surface area contributed by atoms with Crippen LogP contribution in [0.2, 0.25) is 0 Å². The molecule has 1 N–H and O–H groups in total. The molecule has 2 rings (SSSR count). The van der Waals surface area contributed by atoms with Crippen molar-refractivity contribution < 1.29 is 14.3 Å². The Morgan fingerprint density at radius 1 is 1.24 bits per heavy atom. The monoisotopic (exact) mass is 237 g/mol. The van der Waals surface area contributed by atoms with E-state index in [4.69, 9.17) is 14.3 Å².